The summed E-state index contributed by atoms with van der Waals surface area (Å²) < 4.78 is 0. The van der Waals surface area contributed by atoms with Gasteiger partial charge in [0.15, 0.2) is 0 Å². The van der Waals surface area contributed by atoms with Gasteiger partial charge in [0.05, 0.1) is 5.69 Å². The van der Waals surface area contributed by atoms with E-state index in [-0.39, 0.29) is 0 Å². The maximum atomic E-state index is 4.75. The van der Waals surface area contributed by atoms with Crippen molar-refractivity contribution >= 4 is 38.7 Å². The number of rotatable bonds is 4. The topological polar surface area (TPSA) is 16.1 Å². The standard InChI is InChI=1S/C31H22N2/c1-3-13-23(14-4-1)30-25-17-7-9-19-27(25)31(28-20-10-8-18-26(28)30)33(24-15-5-2-6-16-24)29-21-11-12-22-32-29/h1-22H. The van der Waals surface area contributed by atoms with Gasteiger partial charge < -0.3 is 0 Å². The lowest BCUT2D eigenvalue weighted by Crippen LogP contribution is -2.12. The molecule has 0 amide bonds. The van der Waals surface area contributed by atoms with Crippen LogP contribution in [0.2, 0.25) is 0 Å². The van der Waals surface area contributed by atoms with E-state index in [0.29, 0.717) is 0 Å². The Labute approximate surface area is 193 Å². The summed E-state index contributed by atoms with van der Waals surface area (Å²) in [5.41, 5.74) is 4.71. The molecule has 0 fully saturated rings. The van der Waals surface area contributed by atoms with Gasteiger partial charge in [-0.15, -0.1) is 0 Å². The first kappa shape index (κ1) is 19.3. The van der Waals surface area contributed by atoms with E-state index in [1.54, 1.807) is 0 Å². The summed E-state index contributed by atoms with van der Waals surface area (Å²) in [5, 5.41) is 4.86. The van der Waals surface area contributed by atoms with Gasteiger partial charge in [-0.25, -0.2) is 4.98 Å². The molecular weight excluding hydrogens is 400 g/mol. The van der Waals surface area contributed by atoms with Gasteiger partial charge in [0.1, 0.15) is 5.82 Å². The zero-order chi connectivity index (χ0) is 22.0. The van der Waals surface area contributed by atoms with Crippen molar-refractivity contribution in [3.05, 3.63) is 134 Å². The number of hydrogen-bond acceptors (Lipinski definition) is 2. The maximum absolute atomic E-state index is 4.75. The van der Waals surface area contributed by atoms with Gasteiger partial charge in [0, 0.05) is 22.7 Å². The molecule has 0 bridgehead atoms. The van der Waals surface area contributed by atoms with E-state index in [4.69, 9.17) is 4.98 Å². The molecule has 0 unspecified atom stereocenters. The zero-order valence-corrected chi connectivity index (χ0v) is 18.1. The minimum absolute atomic E-state index is 0.895. The summed E-state index contributed by atoms with van der Waals surface area (Å²) in [5.74, 6) is 0.895. The molecule has 0 radical (unpaired) electrons. The Bertz CT molecular complexity index is 1450. The molecule has 5 aromatic carbocycles. The first-order valence-electron chi connectivity index (χ1n) is 11.2. The largest absolute Gasteiger partial charge is 0.294 e. The molecule has 0 atom stereocenters. The summed E-state index contributed by atoms with van der Waals surface area (Å²) in [6, 6.07) is 44.6. The minimum atomic E-state index is 0.895. The van der Waals surface area contributed by atoms with E-state index in [0.717, 1.165) is 17.2 Å². The van der Waals surface area contributed by atoms with Gasteiger partial charge in [0.2, 0.25) is 0 Å². The fourth-order valence-corrected chi connectivity index (χ4v) is 4.70. The molecule has 0 aliphatic carbocycles. The first-order valence-corrected chi connectivity index (χ1v) is 11.2. The van der Waals surface area contributed by atoms with Crippen LogP contribution in [0, 0.1) is 0 Å². The van der Waals surface area contributed by atoms with Crippen LogP contribution in [0.4, 0.5) is 17.2 Å². The smallest absolute Gasteiger partial charge is 0.137 e. The van der Waals surface area contributed by atoms with Gasteiger partial charge in [-0.2, -0.15) is 0 Å². The molecule has 0 spiro atoms. The predicted octanol–water partition coefficient (Wildman–Crippen LogP) is 8.52. The Morgan fingerprint density at radius 1 is 0.455 bits per heavy atom. The highest BCUT2D eigenvalue weighted by atomic mass is 15.2. The number of aromatic nitrogens is 1. The number of pyridine rings is 1. The van der Waals surface area contributed by atoms with Gasteiger partial charge in [-0.3, -0.25) is 4.90 Å². The Hall–Kier alpha value is -4.43. The minimum Gasteiger partial charge on any atom is -0.294 e. The lowest BCUT2D eigenvalue weighted by molar-refractivity contribution is 1.19. The molecule has 0 N–H and O–H groups in total. The summed E-state index contributed by atoms with van der Waals surface area (Å²) in [4.78, 5) is 7.03. The Morgan fingerprint density at radius 2 is 0.970 bits per heavy atom. The average Bonchev–Trinajstić information content (AvgIpc) is 2.90. The molecule has 0 aliphatic rings. The first-order chi connectivity index (χ1) is 16.4. The van der Waals surface area contributed by atoms with Crippen LogP contribution in [-0.2, 0) is 0 Å². The number of nitrogens with zero attached hydrogens (tertiary/aromatic N) is 2. The Kier molecular flexibility index (Phi) is 4.82. The molecule has 2 nitrogen and oxygen atoms in total. The summed E-state index contributed by atoms with van der Waals surface area (Å²) in [6.07, 6.45) is 1.86. The lowest BCUT2D eigenvalue weighted by atomic mass is 9.90. The van der Waals surface area contributed by atoms with Crippen molar-refractivity contribution in [1.82, 2.24) is 4.98 Å². The van der Waals surface area contributed by atoms with Crippen molar-refractivity contribution in [2.45, 2.75) is 0 Å². The van der Waals surface area contributed by atoms with Crippen molar-refractivity contribution in [3.63, 3.8) is 0 Å². The van der Waals surface area contributed by atoms with Crippen LogP contribution in [-0.4, -0.2) is 4.98 Å². The lowest BCUT2D eigenvalue weighted by Gasteiger charge is -2.28. The summed E-state index contributed by atoms with van der Waals surface area (Å²) >= 11 is 0. The Balaban J connectivity index is 1.78. The number of para-hydroxylation sites is 1. The van der Waals surface area contributed by atoms with Crippen molar-refractivity contribution in [2.24, 2.45) is 0 Å². The molecule has 0 aliphatic heterocycles. The van der Waals surface area contributed by atoms with Crippen LogP contribution < -0.4 is 4.90 Å². The van der Waals surface area contributed by atoms with E-state index in [1.165, 1.54) is 32.7 Å². The van der Waals surface area contributed by atoms with Gasteiger partial charge in [-0.05, 0) is 46.2 Å². The number of hydrogen-bond donors (Lipinski definition) is 0. The summed E-state index contributed by atoms with van der Waals surface area (Å²) in [6.45, 7) is 0. The van der Waals surface area contributed by atoms with E-state index >= 15 is 0 Å². The molecule has 6 rings (SSSR count). The average molecular weight is 423 g/mol. The molecule has 1 aromatic heterocycles. The third-order valence-electron chi connectivity index (χ3n) is 6.08. The molecule has 6 aromatic rings. The molecule has 1 heterocycles. The molecule has 33 heavy (non-hydrogen) atoms. The Morgan fingerprint density at radius 3 is 1.55 bits per heavy atom. The SMILES string of the molecule is c1ccc(-c2c3ccccc3c(N(c3ccccc3)c3ccccn3)c3ccccc23)cc1. The predicted molar refractivity (Wildman–Crippen MR) is 139 cm³/mol. The van der Waals surface area contributed by atoms with E-state index in [9.17, 15) is 0 Å². The van der Waals surface area contributed by atoms with Crippen LogP contribution in [0.15, 0.2) is 134 Å². The maximum Gasteiger partial charge on any atom is 0.137 e. The fourth-order valence-electron chi connectivity index (χ4n) is 4.70. The third-order valence-corrected chi connectivity index (χ3v) is 6.08. The van der Waals surface area contributed by atoms with Crippen molar-refractivity contribution in [3.8, 4) is 11.1 Å². The van der Waals surface area contributed by atoms with Gasteiger partial charge >= 0.3 is 0 Å². The second kappa shape index (κ2) is 8.25. The molecule has 0 saturated carbocycles. The van der Waals surface area contributed by atoms with Crippen LogP contribution in [0.25, 0.3) is 32.7 Å². The third kappa shape index (κ3) is 3.33. The normalized spacial score (nSPS) is 11.0. The van der Waals surface area contributed by atoms with Crippen molar-refractivity contribution in [1.29, 1.82) is 0 Å². The zero-order valence-electron chi connectivity index (χ0n) is 18.1. The quantitative estimate of drug-likeness (QED) is 0.265. The molecule has 0 saturated heterocycles. The van der Waals surface area contributed by atoms with Gasteiger partial charge in [0.25, 0.3) is 0 Å². The fraction of sp³-hybridized carbons (Fsp3) is 0. The second-order valence-corrected chi connectivity index (χ2v) is 8.04. The van der Waals surface area contributed by atoms with Gasteiger partial charge in [-0.1, -0.05) is 103 Å². The van der Waals surface area contributed by atoms with Crippen molar-refractivity contribution in [2.75, 3.05) is 4.90 Å². The van der Waals surface area contributed by atoms with Crippen LogP contribution >= 0.6 is 0 Å². The molecular formula is C31H22N2. The van der Waals surface area contributed by atoms with Crippen LogP contribution in [0.5, 0.6) is 0 Å². The highest BCUT2D eigenvalue weighted by Gasteiger charge is 2.22. The highest BCUT2D eigenvalue weighted by Crippen LogP contribution is 2.47. The van der Waals surface area contributed by atoms with E-state index < -0.39 is 0 Å². The molecule has 2 heteroatoms. The second-order valence-electron chi connectivity index (χ2n) is 8.04. The van der Waals surface area contributed by atoms with Crippen LogP contribution in [0.1, 0.15) is 0 Å². The number of anilines is 3. The number of benzene rings is 5. The number of fused-ring (bicyclic) bond motifs is 2. The summed E-state index contributed by atoms with van der Waals surface area (Å²) in [7, 11) is 0. The van der Waals surface area contributed by atoms with Crippen molar-refractivity contribution < 1.29 is 0 Å². The van der Waals surface area contributed by atoms with E-state index in [1.807, 2.05) is 18.3 Å². The van der Waals surface area contributed by atoms with Crippen LogP contribution in [0.3, 0.4) is 0 Å². The highest BCUT2D eigenvalue weighted by molar-refractivity contribution is 6.22. The molecule has 156 valence electrons. The van der Waals surface area contributed by atoms with E-state index in [2.05, 4.69) is 120 Å². The monoisotopic (exact) mass is 422 g/mol.